The fourth-order valence-corrected chi connectivity index (χ4v) is 3.91. The molecule has 0 saturated heterocycles. The van der Waals surface area contributed by atoms with Crippen LogP contribution in [0.4, 0.5) is 0 Å². The smallest absolute Gasteiger partial charge is 0.306 e. The van der Waals surface area contributed by atoms with Gasteiger partial charge in [0.15, 0.2) is 0 Å². The van der Waals surface area contributed by atoms with E-state index in [1.807, 2.05) is 36.4 Å². The fourth-order valence-electron chi connectivity index (χ4n) is 3.46. The van der Waals surface area contributed by atoms with Crippen LogP contribution in [0.5, 0.6) is 5.75 Å². The van der Waals surface area contributed by atoms with E-state index in [4.69, 9.17) is 8.60 Å². The molecule has 0 N–H and O–H groups in total. The largest absolute Gasteiger partial charge is 0.467 e. The van der Waals surface area contributed by atoms with Crippen molar-refractivity contribution in [3.63, 3.8) is 0 Å². The van der Waals surface area contributed by atoms with Gasteiger partial charge in [-0.2, -0.15) is 8.42 Å². The van der Waals surface area contributed by atoms with Crippen LogP contribution in [0.25, 0.3) is 0 Å². The van der Waals surface area contributed by atoms with E-state index in [9.17, 15) is 13.2 Å². The van der Waals surface area contributed by atoms with E-state index >= 15 is 0 Å². The van der Waals surface area contributed by atoms with Gasteiger partial charge in [-0.05, 0) is 60.4 Å². The number of unbranched alkanes of at least 4 members (excludes halogenated alkanes) is 2. The van der Waals surface area contributed by atoms with Gasteiger partial charge in [-0.15, -0.1) is 0 Å². The van der Waals surface area contributed by atoms with Gasteiger partial charge in [0.05, 0.1) is 19.1 Å². The molecule has 6 nitrogen and oxygen atoms in total. The van der Waals surface area contributed by atoms with Crippen LogP contribution in [0.1, 0.15) is 53.4 Å². The topological polar surface area (TPSA) is 76.8 Å². The molecule has 0 aliphatic heterocycles. The zero-order chi connectivity index (χ0) is 23.0. The Kier molecular flexibility index (Phi) is 8.11. The molecule has 32 heavy (non-hydrogen) atoms. The molecule has 2 aromatic carbocycles. The Morgan fingerprint density at radius 3 is 2.41 bits per heavy atom. The van der Waals surface area contributed by atoms with Gasteiger partial charge in [-0.1, -0.05) is 44.0 Å². The van der Waals surface area contributed by atoms with Crippen LogP contribution in [0, 0.1) is 0 Å². The summed E-state index contributed by atoms with van der Waals surface area (Å²) in [5.74, 6) is 0.751. The summed E-state index contributed by atoms with van der Waals surface area (Å²) >= 11 is 0. The maximum absolute atomic E-state index is 13.3. The van der Waals surface area contributed by atoms with Crippen LogP contribution < -0.4 is 4.18 Å². The second-order valence-corrected chi connectivity index (χ2v) is 9.40. The SMILES string of the molecule is CCCCCc1ccc(C(=O)N(Cc2cccc(OS(C)(=O)=O)c2)Cc2ccco2)cc1. The van der Waals surface area contributed by atoms with Gasteiger partial charge in [-0.25, -0.2) is 0 Å². The second kappa shape index (κ2) is 11.0. The summed E-state index contributed by atoms with van der Waals surface area (Å²) in [7, 11) is -3.63. The maximum Gasteiger partial charge on any atom is 0.306 e. The van der Waals surface area contributed by atoms with Crippen molar-refractivity contribution in [2.24, 2.45) is 0 Å². The third kappa shape index (κ3) is 7.27. The lowest BCUT2D eigenvalue weighted by Crippen LogP contribution is -2.30. The lowest BCUT2D eigenvalue weighted by Gasteiger charge is -2.22. The fraction of sp³-hybridized carbons (Fsp3) is 0.320. The van der Waals surface area contributed by atoms with Crippen LogP contribution in [0.15, 0.2) is 71.3 Å². The van der Waals surface area contributed by atoms with Gasteiger partial charge in [0, 0.05) is 12.1 Å². The van der Waals surface area contributed by atoms with Crippen LogP contribution in [-0.2, 0) is 29.6 Å². The molecule has 3 rings (SSSR count). The number of carbonyl (C=O) groups is 1. The van der Waals surface area contributed by atoms with Gasteiger partial charge in [0.2, 0.25) is 0 Å². The molecular formula is C25H29NO5S. The number of rotatable bonds is 11. The number of hydrogen-bond donors (Lipinski definition) is 0. The van der Waals surface area contributed by atoms with E-state index in [1.54, 1.807) is 35.4 Å². The van der Waals surface area contributed by atoms with Crippen LogP contribution in [0.2, 0.25) is 0 Å². The average molecular weight is 456 g/mol. The number of nitrogens with zero attached hydrogens (tertiary/aromatic N) is 1. The van der Waals surface area contributed by atoms with Crippen LogP contribution in [0.3, 0.4) is 0 Å². The summed E-state index contributed by atoms with van der Waals surface area (Å²) in [4.78, 5) is 15.0. The molecule has 0 spiro atoms. The normalized spacial score (nSPS) is 11.3. The minimum atomic E-state index is -3.63. The van der Waals surface area contributed by atoms with Crippen molar-refractivity contribution in [3.8, 4) is 5.75 Å². The number of benzene rings is 2. The van der Waals surface area contributed by atoms with E-state index in [0.29, 0.717) is 17.9 Å². The first-order valence-electron chi connectivity index (χ1n) is 10.7. The highest BCUT2D eigenvalue weighted by Gasteiger charge is 2.18. The van der Waals surface area contributed by atoms with E-state index in [1.165, 1.54) is 18.4 Å². The molecule has 0 unspecified atom stereocenters. The van der Waals surface area contributed by atoms with Gasteiger partial charge in [0.25, 0.3) is 5.91 Å². The summed E-state index contributed by atoms with van der Waals surface area (Å²) in [6.45, 7) is 2.75. The molecule has 170 valence electrons. The number of amides is 1. The summed E-state index contributed by atoms with van der Waals surface area (Å²) in [5.41, 5.74) is 2.57. The molecule has 0 fully saturated rings. The molecule has 3 aromatic rings. The lowest BCUT2D eigenvalue weighted by atomic mass is 10.0. The first-order chi connectivity index (χ1) is 15.3. The van der Waals surface area contributed by atoms with Crippen LogP contribution >= 0.6 is 0 Å². The molecular weight excluding hydrogens is 426 g/mol. The molecule has 0 atom stereocenters. The highest BCUT2D eigenvalue weighted by Crippen LogP contribution is 2.20. The van der Waals surface area contributed by atoms with Crippen LogP contribution in [-0.4, -0.2) is 25.5 Å². The zero-order valence-electron chi connectivity index (χ0n) is 18.5. The molecule has 1 aromatic heterocycles. The Labute approximate surface area is 189 Å². The molecule has 0 aliphatic carbocycles. The number of carbonyl (C=O) groups excluding carboxylic acids is 1. The Morgan fingerprint density at radius 1 is 0.969 bits per heavy atom. The van der Waals surface area contributed by atoms with E-state index < -0.39 is 10.1 Å². The minimum Gasteiger partial charge on any atom is -0.467 e. The minimum absolute atomic E-state index is 0.129. The predicted molar refractivity (Wildman–Crippen MR) is 124 cm³/mol. The van der Waals surface area contributed by atoms with Gasteiger partial charge >= 0.3 is 10.1 Å². The molecule has 0 saturated carbocycles. The Hall–Kier alpha value is -3.06. The number of aryl methyl sites for hydroxylation is 1. The second-order valence-electron chi connectivity index (χ2n) is 7.83. The van der Waals surface area contributed by atoms with Crippen molar-refractivity contribution in [3.05, 3.63) is 89.4 Å². The molecule has 0 bridgehead atoms. The van der Waals surface area contributed by atoms with Crippen molar-refractivity contribution in [1.82, 2.24) is 4.90 Å². The number of hydrogen-bond acceptors (Lipinski definition) is 5. The third-order valence-electron chi connectivity index (χ3n) is 5.00. The van der Waals surface area contributed by atoms with Crippen molar-refractivity contribution < 1.29 is 21.8 Å². The molecule has 7 heteroatoms. The summed E-state index contributed by atoms with van der Waals surface area (Å²) in [6.07, 6.45) is 7.09. The van der Waals surface area contributed by atoms with Crippen molar-refractivity contribution >= 4 is 16.0 Å². The monoisotopic (exact) mass is 455 g/mol. The van der Waals surface area contributed by atoms with Gasteiger partial charge < -0.3 is 13.5 Å². The summed E-state index contributed by atoms with van der Waals surface area (Å²) < 4.78 is 33.3. The first-order valence-corrected chi connectivity index (χ1v) is 12.5. The van der Waals surface area contributed by atoms with E-state index in [0.717, 1.165) is 24.7 Å². The maximum atomic E-state index is 13.3. The predicted octanol–water partition coefficient (Wildman–Crippen LogP) is 5.19. The highest BCUT2D eigenvalue weighted by molar-refractivity contribution is 7.86. The Bertz CT molecular complexity index is 1110. The molecule has 0 radical (unpaired) electrons. The van der Waals surface area contributed by atoms with Crippen molar-refractivity contribution in [2.75, 3.05) is 6.26 Å². The summed E-state index contributed by atoms with van der Waals surface area (Å²) in [6, 6.07) is 18.1. The Balaban J connectivity index is 1.78. The third-order valence-corrected chi connectivity index (χ3v) is 5.50. The molecule has 1 heterocycles. The van der Waals surface area contributed by atoms with Crippen molar-refractivity contribution in [1.29, 1.82) is 0 Å². The highest BCUT2D eigenvalue weighted by atomic mass is 32.2. The Morgan fingerprint density at radius 2 is 1.75 bits per heavy atom. The zero-order valence-corrected chi connectivity index (χ0v) is 19.3. The molecule has 1 amide bonds. The lowest BCUT2D eigenvalue weighted by molar-refractivity contribution is 0.0717. The first kappa shape index (κ1) is 23.6. The standard InChI is InChI=1S/C25H29NO5S/c1-3-4-5-8-20-12-14-22(15-13-20)25(27)26(19-24-11-7-16-30-24)18-21-9-6-10-23(17-21)31-32(2,28)29/h6-7,9-17H,3-5,8,18-19H2,1-2H3. The average Bonchev–Trinajstić information content (AvgIpc) is 3.26. The van der Waals surface area contributed by atoms with E-state index in [-0.39, 0.29) is 18.2 Å². The van der Waals surface area contributed by atoms with Gasteiger partial charge in [-0.3, -0.25) is 4.79 Å². The quantitative estimate of drug-likeness (QED) is 0.294. The molecule has 0 aliphatic rings. The van der Waals surface area contributed by atoms with Gasteiger partial charge in [0.1, 0.15) is 11.5 Å². The van der Waals surface area contributed by atoms with Crippen molar-refractivity contribution in [2.45, 2.75) is 45.7 Å². The number of furan rings is 1. The summed E-state index contributed by atoms with van der Waals surface area (Å²) in [5, 5.41) is 0. The van der Waals surface area contributed by atoms with E-state index in [2.05, 4.69) is 6.92 Å².